The van der Waals surface area contributed by atoms with E-state index in [-0.39, 0.29) is 12.1 Å². The molecule has 3 rings (SSSR count). The van der Waals surface area contributed by atoms with Gasteiger partial charge in [0.05, 0.1) is 26.2 Å². The molecule has 0 N–H and O–H groups in total. The number of hydrogen-bond donors (Lipinski definition) is 0. The van der Waals surface area contributed by atoms with Crippen molar-refractivity contribution in [3.05, 3.63) is 42.4 Å². The van der Waals surface area contributed by atoms with E-state index in [1.807, 2.05) is 30.2 Å². The Morgan fingerprint density at radius 3 is 2.44 bits per heavy atom. The molecule has 0 saturated heterocycles. The second kappa shape index (κ2) is 8.37. The van der Waals surface area contributed by atoms with Gasteiger partial charge in [0.15, 0.2) is 0 Å². The number of aliphatic imine (C=N–C) groups is 2. The van der Waals surface area contributed by atoms with Crippen LogP contribution in [0.3, 0.4) is 0 Å². The van der Waals surface area contributed by atoms with Crippen LogP contribution in [0.15, 0.2) is 46.8 Å². The second-order valence-corrected chi connectivity index (χ2v) is 7.17. The zero-order valence-corrected chi connectivity index (χ0v) is 16.7. The molecule has 144 valence electrons. The maximum atomic E-state index is 5.56. The summed E-state index contributed by atoms with van der Waals surface area (Å²) in [5, 5.41) is 0. The maximum absolute atomic E-state index is 5.56. The van der Waals surface area contributed by atoms with Gasteiger partial charge in [-0.3, -0.25) is 0 Å². The van der Waals surface area contributed by atoms with Crippen LogP contribution in [-0.2, 0) is 22.9 Å². The fourth-order valence-corrected chi connectivity index (χ4v) is 3.38. The molecule has 0 unspecified atom stereocenters. The summed E-state index contributed by atoms with van der Waals surface area (Å²) in [6.45, 7) is 4.22. The Labute approximate surface area is 161 Å². The van der Waals surface area contributed by atoms with E-state index >= 15 is 0 Å². The number of hydrogen-bond acceptors (Lipinski definition) is 5. The van der Waals surface area contributed by atoms with Crippen molar-refractivity contribution < 1.29 is 9.47 Å². The van der Waals surface area contributed by atoms with E-state index in [0.717, 1.165) is 24.1 Å². The third-order valence-electron chi connectivity index (χ3n) is 4.82. The van der Waals surface area contributed by atoms with Crippen molar-refractivity contribution in [3.8, 4) is 11.3 Å². The monoisotopic (exact) mass is 368 g/mol. The molecule has 0 fully saturated rings. The van der Waals surface area contributed by atoms with Crippen molar-refractivity contribution in [1.82, 2.24) is 9.55 Å². The van der Waals surface area contributed by atoms with Crippen LogP contribution in [-0.4, -0.2) is 47.6 Å². The number of ether oxygens (including phenoxy) is 2. The van der Waals surface area contributed by atoms with Gasteiger partial charge in [0.2, 0.25) is 11.8 Å². The number of aryl methyl sites for hydroxylation is 2. The van der Waals surface area contributed by atoms with E-state index < -0.39 is 0 Å². The minimum Gasteiger partial charge on any atom is -0.483 e. The Kier molecular flexibility index (Phi) is 5.94. The summed E-state index contributed by atoms with van der Waals surface area (Å²) in [4.78, 5) is 14.0. The first-order chi connectivity index (χ1) is 13.0. The van der Waals surface area contributed by atoms with Crippen LogP contribution in [0.4, 0.5) is 0 Å². The van der Waals surface area contributed by atoms with Gasteiger partial charge in [-0.1, -0.05) is 38.1 Å². The lowest BCUT2D eigenvalue weighted by Gasteiger charge is -2.27. The molecule has 0 spiro atoms. The summed E-state index contributed by atoms with van der Waals surface area (Å²) in [7, 11) is 5.31. The number of benzene rings is 1. The van der Waals surface area contributed by atoms with E-state index in [0.29, 0.717) is 17.7 Å². The Hall–Kier alpha value is -2.63. The highest BCUT2D eigenvalue weighted by Crippen LogP contribution is 2.25. The molecular weight excluding hydrogens is 340 g/mol. The van der Waals surface area contributed by atoms with Crippen molar-refractivity contribution in [3.63, 3.8) is 0 Å². The van der Waals surface area contributed by atoms with Crippen molar-refractivity contribution in [2.75, 3.05) is 14.2 Å². The first-order valence-electron chi connectivity index (χ1n) is 9.33. The lowest BCUT2D eigenvalue weighted by molar-refractivity contribution is 0.331. The summed E-state index contributed by atoms with van der Waals surface area (Å²) in [5.74, 6) is 1.68. The fraction of sp³-hybridized carbons (Fsp3) is 0.476. The Balaban J connectivity index is 1.80. The topological polar surface area (TPSA) is 61.0 Å². The van der Waals surface area contributed by atoms with Crippen molar-refractivity contribution in [2.24, 2.45) is 23.0 Å². The zero-order valence-electron chi connectivity index (χ0n) is 16.7. The highest BCUT2D eigenvalue weighted by molar-refractivity contribution is 5.94. The van der Waals surface area contributed by atoms with Crippen LogP contribution in [0.1, 0.15) is 25.8 Å². The highest BCUT2D eigenvalue weighted by Gasteiger charge is 2.30. The van der Waals surface area contributed by atoms with Crippen molar-refractivity contribution in [2.45, 2.75) is 38.8 Å². The number of aromatic nitrogens is 2. The molecule has 1 aliphatic heterocycles. The average molecular weight is 368 g/mol. The molecule has 0 radical (unpaired) electrons. The molecule has 1 aromatic carbocycles. The molecule has 2 atom stereocenters. The summed E-state index contributed by atoms with van der Waals surface area (Å²) >= 11 is 0. The quantitative estimate of drug-likeness (QED) is 0.811. The molecule has 2 aromatic rings. The summed E-state index contributed by atoms with van der Waals surface area (Å²) in [6, 6.07) is 8.16. The minimum atomic E-state index is -0.128. The Morgan fingerprint density at radius 1 is 1.07 bits per heavy atom. The molecular formula is C21H28N4O2. The van der Waals surface area contributed by atoms with Gasteiger partial charge in [0.25, 0.3) is 0 Å². The van der Waals surface area contributed by atoms with Crippen LogP contribution >= 0.6 is 0 Å². The van der Waals surface area contributed by atoms with E-state index in [2.05, 4.69) is 37.0 Å². The summed E-state index contributed by atoms with van der Waals surface area (Å²) in [5.41, 5.74) is 3.38. The van der Waals surface area contributed by atoms with E-state index in [4.69, 9.17) is 19.5 Å². The predicted octanol–water partition coefficient (Wildman–Crippen LogP) is 3.52. The normalized spacial score (nSPS) is 19.6. The molecule has 0 aliphatic carbocycles. The lowest BCUT2D eigenvalue weighted by atomic mass is 9.97. The highest BCUT2D eigenvalue weighted by atomic mass is 16.5. The van der Waals surface area contributed by atoms with Crippen molar-refractivity contribution in [1.29, 1.82) is 0 Å². The third kappa shape index (κ3) is 4.21. The first kappa shape index (κ1) is 19.1. The van der Waals surface area contributed by atoms with Gasteiger partial charge >= 0.3 is 0 Å². The number of nitrogens with zero attached hydrogens (tertiary/aromatic N) is 4. The van der Waals surface area contributed by atoms with E-state index in [9.17, 15) is 0 Å². The fourth-order valence-electron chi connectivity index (χ4n) is 3.38. The molecule has 27 heavy (non-hydrogen) atoms. The Morgan fingerprint density at radius 2 is 1.81 bits per heavy atom. The van der Waals surface area contributed by atoms with Gasteiger partial charge in [-0.05, 0) is 24.3 Å². The minimum absolute atomic E-state index is 0.0815. The number of methoxy groups -OCH3 is 2. The number of imidazole rings is 1. The van der Waals surface area contributed by atoms with Crippen molar-refractivity contribution >= 4 is 11.8 Å². The van der Waals surface area contributed by atoms with Gasteiger partial charge < -0.3 is 14.0 Å². The second-order valence-electron chi connectivity index (χ2n) is 7.17. The van der Waals surface area contributed by atoms with Gasteiger partial charge in [-0.25, -0.2) is 15.0 Å². The van der Waals surface area contributed by atoms with Crippen LogP contribution < -0.4 is 0 Å². The van der Waals surface area contributed by atoms with Gasteiger partial charge in [0.1, 0.15) is 12.1 Å². The lowest BCUT2D eigenvalue weighted by Crippen LogP contribution is -2.37. The zero-order chi connectivity index (χ0) is 19.4. The van der Waals surface area contributed by atoms with Gasteiger partial charge in [-0.2, -0.15) is 0 Å². The summed E-state index contributed by atoms with van der Waals surface area (Å²) in [6.07, 6.45) is 5.51. The molecule has 1 aliphatic rings. The van der Waals surface area contributed by atoms with Crippen LogP contribution in [0.5, 0.6) is 0 Å². The largest absolute Gasteiger partial charge is 0.483 e. The summed E-state index contributed by atoms with van der Waals surface area (Å²) < 4.78 is 13.0. The molecule has 2 heterocycles. The average Bonchev–Trinajstić information content (AvgIpc) is 3.11. The van der Waals surface area contributed by atoms with E-state index in [1.54, 1.807) is 14.2 Å². The smallest absolute Gasteiger partial charge is 0.209 e. The molecule has 0 bridgehead atoms. The maximum Gasteiger partial charge on any atom is 0.209 e. The Bertz CT molecular complexity index is 838. The standard InChI is InChI=1S/C21H28N4O2/c1-14(2)19-21(27-5)23-17(20(24-19)26-4)11-10-15-8-6-7-9-16(15)18-12-25(3)13-22-18/h6-9,12-14,17,19H,10-11H2,1-5H3/t17-,19+/m0/s1. The molecule has 0 amide bonds. The predicted molar refractivity (Wildman–Crippen MR) is 108 cm³/mol. The van der Waals surface area contributed by atoms with E-state index in [1.165, 1.54) is 5.56 Å². The van der Waals surface area contributed by atoms with Crippen LogP contribution in [0.2, 0.25) is 0 Å². The van der Waals surface area contributed by atoms with Gasteiger partial charge in [0, 0.05) is 18.8 Å². The molecule has 0 saturated carbocycles. The molecule has 6 heteroatoms. The van der Waals surface area contributed by atoms with Crippen LogP contribution in [0, 0.1) is 5.92 Å². The number of rotatable bonds is 5. The third-order valence-corrected chi connectivity index (χ3v) is 4.82. The van der Waals surface area contributed by atoms with Gasteiger partial charge in [-0.15, -0.1) is 0 Å². The molecule has 6 nitrogen and oxygen atoms in total. The van der Waals surface area contributed by atoms with Crippen LogP contribution in [0.25, 0.3) is 11.3 Å². The first-order valence-corrected chi connectivity index (χ1v) is 9.33. The SMILES string of the molecule is COC1=N[C@H](C(C)C)C(OC)=N[C@H]1CCc1ccccc1-c1cn(C)cn1. The molecule has 1 aromatic heterocycles.